The number of hydrogen-bond acceptors (Lipinski definition) is 4. The van der Waals surface area contributed by atoms with Crippen LogP contribution in [0.25, 0.3) is 0 Å². The summed E-state index contributed by atoms with van der Waals surface area (Å²) in [5.74, 6) is 6.02. The third-order valence-corrected chi connectivity index (χ3v) is 7.81. The number of fused-ring (bicyclic) bond motifs is 1. The van der Waals surface area contributed by atoms with Gasteiger partial charge in [0, 0.05) is 24.0 Å². The second-order valence-corrected chi connectivity index (χ2v) is 20.7. The summed E-state index contributed by atoms with van der Waals surface area (Å²) >= 11 is 0. The monoisotopic (exact) mass is 510 g/mol. The molecule has 0 bridgehead atoms. The third kappa shape index (κ3) is 6.48. The zero-order valence-corrected chi connectivity index (χ0v) is 25.4. The van der Waals surface area contributed by atoms with Crippen LogP contribution >= 0.6 is 0 Å². The summed E-state index contributed by atoms with van der Waals surface area (Å²) in [5, 5.41) is 0. The van der Waals surface area contributed by atoms with Gasteiger partial charge in [0.1, 0.15) is 16.1 Å². The van der Waals surface area contributed by atoms with Gasteiger partial charge < -0.3 is 9.47 Å². The van der Waals surface area contributed by atoms with E-state index in [2.05, 4.69) is 76.1 Å². The molecule has 1 aromatic carbocycles. The first-order valence-corrected chi connectivity index (χ1v) is 19.8. The van der Waals surface area contributed by atoms with Crippen molar-refractivity contribution in [1.82, 2.24) is 0 Å². The van der Waals surface area contributed by atoms with Gasteiger partial charge in [0.25, 0.3) is 0 Å². The van der Waals surface area contributed by atoms with Crippen LogP contribution in [0.3, 0.4) is 0 Å². The Kier molecular flexibility index (Phi) is 9.25. The molecule has 190 valence electrons. The molecule has 1 aliphatic rings. The molecule has 0 N–H and O–H groups in total. The molecule has 2 rings (SSSR count). The molecule has 4 nitrogen and oxygen atoms in total. The van der Waals surface area contributed by atoms with Gasteiger partial charge in [-0.3, -0.25) is 9.59 Å². The highest BCUT2D eigenvalue weighted by Crippen LogP contribution is 2.45. The van der Waals surface area contributed by atoms with Gasteiger partial charge in [-0.25, -0.2) is 0 Å². The zero-order chi connectivity index (χ0) is 26.6. The first-order valence-electron chi connectivity index (χ1n) is 12.8. The van der Waals surface area contributed by atoms with Crippen LogP contribution in [-0.2, 0) is 44.7 Å². The van der Waals surface area contributed by atoms with Crippen molar-refractivity contribution in [3.63, 3.8) is 0 Å². The van der Waals surface area contributed by atoms with Crippen molar-refractivity contribution in [2.24, 2.45) is 5.41 Å². The molecule has 1 aliphatic carbocycles. The maximum atomic E-state index is 13.3. The van der Waals surface area contributed by atoms with E-state index in [0.29, 0.717) is 0 Å². The first-order chi connectivity index (χ1) is 16.2. The summed E-state index contributed by atoms with van der Waals surface area (Å²) in [5.41, 5.74) is 12.0. The van der Waals surface area contributed by atoms with Gasteiger partial charge in [-0.2, -0.15) is 0 Å². The molecule has 0 amide bonds. The Labute approximate surface area is 214 Å². The molecular formula is C29H42O4Si2. The van der Waals surface area contributed by atoms with Gasteiger partial charge in [0.2, 0.25) is 0 Å². The van der Waals surface area contributed by atoms with E-state index < -0.39 is 33.5 Å². The molecule has 0 heterocycles. The molecule has 0 saturated heterocycles. The number of hydrogen-bond donors (Lipinski definition) is 0. The maximum absolute atomic E-state index is 13.3. The molecule has 1 aromatic rings. The minimum atomic E-state index is -1.66. The number of benzene rings is 1. The number of carbonyl (C=O) groups excluding carboxylic acids is 2. The Balaban J connectivity index is 2.99. The van der Waals surface area contributed by atoms with Crippen LogP contribution in [0.5, 0.6) is 0 Å². The fourth-order valence-corrected chi connectivity index (χ4v) is 5.52. The predicted octanol–water partition coefficient (Wildman–Crippen LogP) is 5.48. The standard InChI is InChI=1S/C29H42O4Si2/c1-11-21-22(12-2)24(16-18-35(8,9)10)26-20-29(27(30)32-13-3,28(31)33-14-4)19-25(26)23(21)15-17-34(5,6)7/h11-14,19-20H2,1-10H3. The Hall–Kier alpha value is -2.29. The lowest BCUT2D eigenvalue weighted by molar-refractivity contribution is -0.171. The van der Waals surface area contributed by atoms with E-state index in [4.69, 9.17) is 9.47 Å². The van der Waals surface area contributed by atoms with E-state index in [0.717, 1.165) is 35.1 Å². The Morgan fingerprint density at radius 1 is 0.714 bits per heavy atom. The molecule has 35 heavy (non-hydrogen) atoms. The topological polar surface area (TPSA) is 52.6 Å². The molecule has 0 fully saturated rings. The summed E-state index contributed by atoms with van der Waals surface area (Å²) in [4.78, 5) is 26.7. The fraction of sp³-hybridized carbons (Fsp3) is 0.586. The number of ether oxygens (including phenoxy) is 2. The third-order valence-electron chi connectivity index (χ3n) is 6.06. The summed E-state index contributed by atoms with van der Waals surface area (Å²) in [6, 6.07) is 0. The highest BCUT2D eigenvalue weighted by molar-refractivity contribution is 6.84. The van der Waals surface area contributed by atoms with Crippen molar-refractivity contribution < 1.29 is 19.1 Å². The number of rotatable bonds is 6. The molecule has 0 unspecified atom stereocenters. The number of esters is 2. The molecule has 0 atom stereocenters. The van der Waals surface area contributed by atoms with Crippen LogP contribution in [0.2, 0.25) is 39.3 Å². The summed E-state index contributed by atoms with van der Waals surface area (Å²) in [6.45, 7) is 21.6. The van der Waals surface area contributed by atoms with Crippen LogP contribution in [0.15, 0.2) is 0 Å². The van der Waals surface area contributed by atoms with E-state index >= 15 is 0 Å². The minimum Gasteiger partial charge on any atom is -0.465 e. The molecule has 0 aromatic heterocycles. The Bertz CT molecular complexity index is 1020. The zero-order valence-electron chi connectivity index (χ0n) is 23.4. The smallest absolute Gasteiger partial charge is 0.324 e. The van der Waals surface area contributed by atoms with Crippen molar-refractivity contribution in [2.75, 3.05) is 13.2 Å². The van der Waals surface area contributed by atoms with Crippen molar-refractivity contribution in [2.45, 2.75) is 92.7 Å². The lowest BCUT2D eigenvalue weighted by Gasteiger charge is -2.24. The second-order valence-electron chi connectivity index (χ2n) is 11.2. The maximum Gasteiger partial charge on any atom is 0.324 e. The second kappa shape index (κ2) is 11.2. The fourth-order valence-electron chi connectivity index (χ4n) is 4.52. The normalized spacial score (nSPS) is 14.2. The first kappa shape index (κ1) is 28.9. The molecule has 0 aliphatic heterocycles. The molecule has 0 saturated carbocycles. The average Bonchev–Trinajstić information content (AvgIpc) is 3.16. The van der Waals surface area contributed by atoms with Gasteiger partial charge in [-0.05, 0) is 48.9 Å². The lowest BCUT2D eigenvalue weighted by atomic mass is 9.84. The van der Waals surface area contributed by atoms with Crippen LogP contribution in [0, 0.1) is 28.3 Å². The molecule has 6 heteroatoms. The molecule has 0 radical (unpaired) electrons. The van der Waals surface area contributed by atoms with Crippen molar-refractivity contribution >= 4 is 28.1 Å². The summed E-state index contributed by atoms with van der Waals surface area (Å²) < 4.78 is 10.9. The van der Waals surface area contributed by atoms with Crippen molar-refractivity contribution in [1.29, 1.82) is 0 Å². The quantitative estimate of drug-likeness (QED) is 0.220. The van der Waals surface area contributed by atoms with E-state index in [9.17, 15) is 9.59 Å². The van der Waals surface area contributed by atoms with E-state index in [1.165, 1.54) is 11.1 Å². The van der Waals surface area contributed by atoms with Gasteiger partial charge in [0.15, 0.2) is 5.41 Å². The van der Waals surface area contributed by atoms with Gasteiger partial charge in [-0.1, -0.05) is 65.0 Å². The minimum absolute atomic E-state index is 0.210. The van der Waals surface area contributed by atoms with Gasteiger partial charge in [-0.15, -0.1) is 11.1 Å². The van der Waals surface area contributed by atoms with E-state index in [1.807, 2.05) is 0 Å². The van der Waals surface area contributed by atoms with Crippen LogP contribution < -0.4 is 0 Å². The van der Waals surface area contributed by atoms with E-state index in [-0.39, 0.29) is 26.1 Å². The summed E-state index contributed by atoms with van der Waals surface area (Å²) in [7, 11) is -3.32. The summed E-state index contributed by atoms with van der Waals surface area (Å²) in [6.07, 6.45) is 2.13. The molecule has 0 spiro atoms. The highest BCUT2D eigenvalue weighted by atomic mass is 28.3. The lowest BCUT2D eigenvalue weighted by Crippen LogP contribution is -2.43. The van der Waals surface area contributed by atoms with Crippen molar-refractivity contribution in [3.8, 4) is 22.9 Å². The van der Waals surface area contributed by atoms with E-state index in [1.54, 1.807) is 13.8 Å². The SMILES string of the molecule is CCOC(=O)C1(C(=O)OCC)Cc2c(C#C[Si](C)(C)C)c(CC)c(CC)c(C#C[Si](C)(C)C)c2C1. The van der Waals surface area contributed by atoms with Gasteiger partial charge >= 0.3 is 11.9 Å². The van der Waals surface area contributed by atoms with Crippen LogP contribution in [-0.4, -0.2) is 41.3 Å². The predicted molar refractivity (Wildman–Crippen MR) is 149 cm³/mol. The van der Waals surface area contributed by atoms with Crippen LogP contribution in [0.1, 0.15) is 61.1 Å². The molecular weight excluding hydrogens is 468 g/mol. The largest absolute Gasteiger partial charge is 0.465 e. The van der Waals surface area contributed by atoms with Gasteiger partial charge in [0.05, 0.1) is 13.2 Å². The number of carbonyl (C=O) groups is 2. The van der Waals surface area contributed by atoms with Crippen molar-refractivity contribution in [3.05, 3.63) is 33.4 Å². The highest BCUT2D eigenvalue weighted by Gasteiger charge is 2.54. The average molecular weight is 511 g/mol. The Morgan fingerprint density at radius 3 is 1.31 bits per heavy atom. The Morgan fingerprint density at radius 2 is 1.06 bits per heavy atom. The van der Waals surface area contributed by atoms with Crippen LogP contribution in [0.4, 0.5) is 0 Å².